The molecule has 0 amide bonds. The van der Waals surface area contributed by atoms with Crippen LogP contribution in [0.15, 0.2) is 6.30 Å². The first-order valence-electron chi connectivity index (χ1n) is 8.10. The van der Waals surface area contributed by atoms with Gasteiger partial charge >= 0.3 is 0 Å². The van der Waals surface area contributed by atoms with Crippen molar-refractivity contribution in [2.24, 2.45) is 0 Å². The van der Waals surface area contributed by atoms with Crippen LogP contribution in [-0.2, 0) is 6.42 Å². The molecule has 1 rings (SSSR count). The zero-order valence-corrected chi connectivity index (χ0v) is 12.7. The first kappa shape index (κ1) is 14.2. The third-order valence-electron chi connectivity index (χ3n) is 3.31. The van der Waals surface area contributed by atoms with Crippen LogP contribution in [0, 0.1) is 0 Å². The SMILES string of the molecule is [3H]c1nc(CC)nc(N(C)CCCCCCCCC)n1. The van der Waals surface area contributed by atoms with Crippen molar-refractivity contribution >= 4 is 5.95 Å². The van der Waals surface area contributed by atoms with E-state index in [4.69, 9.17) is 1.37 Å². The Labute approximate surface area is 119 Å². The van der Waals surface area contributed by atoms with Gasteiger partial charge in [-0.2, -0.15) is 4.98 Å². The lowest BCUT2D eigenvalue weighted by Gasteiger charge is -2.16. The highest BCUT2D eigenvalue weighted by molar-refractivity contribution is 5.26. The molecule has 4 heteroatoms. The summed E-state index contributed by atoms with van der Waals surface area (Å²) in [4.78, 5) is 14.5. The van der Waals surface area contributed by atoms with E-state index in [2.05, 4.69) is 21.9 Å². The zero-order chi connectivity index (χ0) is 14.8. The summed E-state index contributed by atoms with van der Waals surface area (Å²) in [5, 5.41) is 0. The number of hydrogen-bond donors (Lipinski definition) is 0. The monoisotopic (exact) mass is 266 g/mol. The molecular weight excluding hydrogens is 236 g/mol. The number of aryl methyl sites for hydroxylation is 1. The second-order valence-electron chi connectivity index (χ2n) is 5.05. The summed E-state index contributed by atoms with van der Waals surface area (Å²) in [5.41, 5.74) is 0. The number of aromatic nitrogens is 3. The van der Waals surface area contributed by atoms with Gasteiger partial charge in [0, 0.05) is 20.0 Å². The second kappa shape index (κ2) is 9.70. The Morgan fingerprint density at radius 1 is 1.05 bits per heavy atom. The fraction of sp³-hybridized carbons (Fsp3) is 0.800. The summed E-state index contributed by atoms with van der Waals surface area (Å²) in [5.74, 6) is 1.33. The van der Waals surface area contributed by atoms with E-state index in [1.54, 1.807) is 0 Å². The molecule has 0 N–H and O–H groups in total. The van der Waals surface area contributed by atoms with E-state index < -0.39 is 0 Å². The summed E-state index contributed by atoms with van der Waals surface area (Å²) in [6.45, 7) is 5.18. The maximum absolute atomic E-state index is 7.59. The van der Waals surface area contributed by atoms with Crippen molar-refractivity contribution < 1.29 is 1.37 Å². The van der Waals surface area contributed by atoms with Gasteiger partial charge in [-0.3, -0.25) is 0 Å². The Morgan fingerprint density at radius 3 is 2.42 bits per heavy atom. The van der Waals surface area contributed by atoms with Gasteiger partial charge < -0.3 is 4.90 Å². The molecule has 0 atom stereocenters. The van der Waals surface area contributed by atoms with Crippen LogP contribution in [0.2, 0.25) is 0 Å². The van der Waals surface area contributed by atoms with E-state index in [1.165, 1.54) is 38.5 Å². The van der Waals surface area contributed by atoms with Crippen LogP contribution in [0.3, 0.4) is 0 Å². The van der Waals surface area contributed by atoms with E-state index in [0.717, 1.165) is 19.4 Å². The topological polar surface area (TPSA) is 41.9 Å². The van der Waals surface area contributed by atoms with Crippen LogP contribution < -0.4 is 4.90 Å². The van der Waals surface area contributed by atoms with Gasteiger partial charge in [-0.25, -0.2) is 9.97 Å². The largest absolute Gasteiger partial charge is 0.344 e. The second-order valence-corrected chi connectivity index (χ2v) is 5.05. The van der Waals surface area contributed by atoms with Crippen molar-refractivity contribution in [1.82, 2.24) is 15.0 Å². The third kappa shape index (κ3) is 6.50. The Balaban J connectivity index is 2.28. The van der Waals surface area contributed by atoms with Crippen molar-refractivity contribution in [1.29, 1.82) is 0 Å². The number of unbranched alkanes of at least 4 members (excludes halogenated alkanes) is 6. The number of rotatable bonds is 10. The van der Waals surface area contributed by atoms with E-state index >= 15 is 0 Å². The van der Waals surface area contributed by atoms with Gasteiger partial charge in [0.25, 0.3) is 0 Å². The maximum Gasteiger partial charge on any atom is 0.228 e. The first-order valence-corrected chi connectivity index (χ1v) is 7.60. The normalized spacial score (nSPS) is 11.4. The van der Waals surface area contributed by atoms with Crippen molar-refractivity contribution in [2.45, 2.75) is 65.2 Å². The Hall–Kier alpha value is -1.19. The van der Waals surface area contributed by atoms with Crippen molar-refractivity contribution in [2.75, 3.05) is 18.5 Å². The molecule has 0 radical (unpaired) electrons. The highest BCUT2D eigenvalue weighted by Gasteiger charge is 2.04. The molecule has 1 aromatic heterocycles. The van der Waals surface area contributed by atoms with Gasteiger partial charge in [-0.05, 0) is 6.42 Å². The molecule has 0 saturated heterocycles. The summed E-state index contributed by atoms with van der Waals surface area (Å²) >= 11 is 0. The van der Waals surface area contributed by atoms with E-state index in [1.807, 2.05) is 18.9 Å². The average Bonchev–Trinajstić information content (AvgIpc) is 2.45. The fourth-order valence-electron chi connectivity index (χ4n) is 2.03. The minimum Gasteiger partial charge on any atom is -0.344 e. The van der Waals surface area contributed by atoms with Crippen LogP contribution in [0.4, 0.5) is 5.95 Å². The van der Waals surface area contributed by atoms with Gasteiger partial charge in [0.15, 0.2) is 0 Å². The molecule has 4 nitrogen and oxygen atoms in total. The fourth-order valence-corrected chi connectivity index (χ4v) is 2.03. The highest BCUT2D eigenvalue weighted by Crippen LogP contribution is 2.09. The minimum atomic E-state index is 0.0678. The van der Waals surface area contributed by atoms with Crippen LogP contribution in [0.25, 0.3) is 0 Å². The number of anilines is 1. The molecule has 0 aliphatic heterocycles. The minimum absolute atomic E-state index is 0.0678. The molecule has 0 unspecified atom stereocenters. The predicted molar refractivity (Wildman–Crippen MR) is 80.5 cm³/mol. The molecule has 0 saturated carbocycles. The van der Waals surface area contributed by atoms with Crippen molar-refractivity contribution in [3.05, 3.63) is 12.1 Å². The molecule has 0 spiro atoms. The summed E-state index contributed by atoms with van der Waals surface area (Å²) < 4.78 is 7.59. The quantitative estimate of drug-likeness (QED) is 0.607. The number of hydrogen-bond acceptors (Lipinski definition) is 4. The standard InChI is InChI=1S/C15H28N4/c1-4-6-7-8-9-10-11-12-19(3)15-17-13-16-14(5-2)18-15/h13H,4-12H2,1-3H3/i13T. The van der Waals surface area contributed by atoms with E-state index in [-0.39, 0.29) is 6.30 Å². The molecule has 0 bridgehead atoms. The first-order chi connectivity index (χ1) is 9.67. The molecular formula is C15H28N4. The van der Waals surface area contributed by atoms with Crippen LogP contribution in [-0.4, -0.2) is 28.5 Å². The number of nitrogens with zero attached hydrogens (tertiary/aromatic N) is 4. The van der Waals surface area contributed by atoms with E-state index in [9.17, 15) is 0 Å². The summed E-state index contributed by atoms with van der Waals surface area (Å²) in [6.07, 6.45) is 9.91. The van der Waals surface area contributed by atoms with Crippen LogP contribution in [0.5, 0.6) is 0 Å². The van der Waals surface area contributed by atoms with E-state index in [0.29, 0.717) is 11.8 Å². The Morgan fingerprint density at radius 2 is 1.74 bits per heavy atom. The molecule has 19 heavy (non-hydrogen) atoms. The average molecular weight is 266 g/mol. The predicted octanol–water partition coefficient (Wildman–Crippen LogP) is 3.62. The smallest absolute Gasteiger partial charge is 0.228 e. The van der Waals surface area contributed by atoms with Crippen molar-refractivity contribution in [3.63, 3.8) is 0 Å². The molecule has 0 fully saturated rings. The van der Waals surface area contributed by atoms with Gasteiger partial charge in [0.2, 0.25) is 5.95 Å². The van der Waals surface area contributed by atoms with Gasteiger partial charge in [0.05, 0.1) is 0 Å². The molecule has 108 valence electrons. The summed E-state index contributed by atoms with van der Waals surface area (Å²) in [7, 11) is 1.99. The lowest BCUT2D eigenvalue weighted by atomic mass is 10.1. The molecule has 0 aliphatic carbocycles. The summed E-state index contributed by atoms with van der Waals surface area (Å²) in [6, 6.07) is 0. The molecule has 1 aromatic rings. The molecule has 1 heterocycles. The lowest BCUT2D eigenvalue weighted by Crippen LogP contribution is -2.21. The van der Waals surface area contributed by atoms with Gasteiger partial charge in [0.1, 0.15) is 13.5 Å². The lowest BCUT2D eigenvalue weighted by molar-refractivity contribution is 0.587. The maximum atomic E-state index is 7.59. The molecule has 0 aromatic carbocycles. The molecule has 0 aliphatic rings. The highest BCUT2D eigenvalue weighted by atomic mass is 15.2. The van der Waals surface area contributed by atoms with Crippen molar-refractivity contribution in [3.8, 4) is 0 Å². The third-order valence-corrected chi connectivity index (χ3v) is 3.31. The van der Waals surface area contributed by atoms with Crippen LogP contribution >= 0.6 is 0 Å². The van der Waals surface area contributed by atoms with Gasteiger partial charge in [-0.15, -0.1) is 0 Å². The van der Waals surface area contributed by atoms with Gasteiger partial charge in [-0.1, -0.05) is 52.4 Å². The Bertz CT molecular complexity index is 384. The Kier molecular flexibility index (Phi) is 7.26. The van der Waals surface area contributed by atoms with Crippen LogP contribution in [0.1, 0.15) is 66.0 Å². The zero-order valence-electron chi connectivity index (χ0n) is 13.7.